The summed E-state index contributed by atoms with van der Waals surface area (Å²) in [5.41, 5.74) is 4.62. The van der Waals surface area contributed by atoms with Crippen molar-refractivity contribution in [2.75, 3.05) is 56.2 Å². The van der Waals surface area contributed by atoms with Crippen molar-refractivity contribution in [1.82, 2.24) is 19.9 Å². The molecule has 2 aliphatic heterocycles. The van der Waals surface area contributed by atoms with Crippen LogP contribution in [0.5, 0.6) is 0 Å². The summed E-state index contributed by atoms with van der Waals surface area (Å²) in [5.74, 6) is 0. The van der Waals surface area contributed by atoms with Crippen molar-refractivity contribution in [3.8, 4) is 0 Å². The molecule has 7 nitrogen and oxygen atoms in total. The minimum atomic E-state index is 0.0545. The van der Waals surface area contributed by atoms with Crippen molar-refractivity contribution >= 4 is 16.7 Å². The first kappa shape index (κ1) is 17.4. The molecule has 2 fully saturated rings. The molecule has 0 spiro atoms. The fourth-order valence-corrected chi connectivity index (χ4v) is 4.43. The molecule has 2 aromatic rings. The molecule has 1 aromatic heterocycles. The molecule has 1 aromatic carbocycles. The molecule has 2 aliphatic rings. The highest BCUT2D eigenvalue weighted by Crippen LogP contribution is 2.32. The molecule has 0 amide bonds. The predicted molar refractivity (Wildman–Crippen MR) is 107 cm³/mol. The number of aryl methyl sites for hydroxylation is 2. The monoisotopic (exact) mass is 358 g/mol. The highest BCUT2D eigenvalue weighted by Gasteiger charge is 2.25. The van der Waals surface area contributed by atoms with E-state index in [1.807, 2.05) is 23.3 Å². The number of hydrogen-bond acceptors (Lipinski definition) is 5. The van der Waals surface area contributed by atoms with Crippen LogP contribution in [-0.2, 0) is 7.05 Å². The molecule has 2 saturated heterocycles. The van der Waals surface area contributed by atoms with Gasteiger partial charge in [-0.05, 0) is 38.4 Å². The Morgan fingerprint density at radius 1 is 1.12 bits per heavy atom. The van der Waals surface area contributed by atoms with Crippen molar-refractivity contribution in [2.24, 2.45) is 7.05 Å². The molecule has 26 heavy (non-hydrogen) atoms. The van der Waals surface area contributed by atoms with E-state index in [1.54, 1.807) is 0 Å². The zero-order valence-electron chi connectivity index (χ0n) is 16.1. The third-order valence-electron chi connectivity index (χ3n) is 5.96. The van der Waals surface area contributed by atoms with Gasteiger partial charge in [0.2, 0.25) is 0 Å². The lowest BCUT2D eigenvalue weighted by atomic mass is 10.0. The van der Waals surface area contributed by atoms with Crippen molar-refractivity contribution in [1.29, 1.82) is 0 Å². The lowest BCUT2D eigenvalue weighted by Crippen LogP contribution is -2.52. The fraction of sp³-hybridized carbons (Fsp3) is 0.632. The summed E-state index contributed by atoms with van der Waals surface area (Å²) >= 11 is 0. The van der Waals surface area contributed by atoms with Gasteiger partial charge in [-0.3, -0.25) is 4.57 Å². The summed E-state index contributed by atoms with van der Waals surface area (Å²) in [6, 6.07) is 4.87. The number of rotatable bonds is 3. The number of imidazole rings is 1. The van der Waals surface area contributed by atoms with Crippen LogP contribution in [-0.4, -0.2) is 61.6 Å². The number of nitrogens with zero attached hydrogens (tertiary/aromatic N) is 4. The normalized spacial score (nSPS) is 19.5. The second kappa shape index (κ2) is 6.96. The minimum Gasteiger partial charge on any atom is -0.369 e. The van der Waals surface area contributed by atoms with Crippen LogP contribution in [0.2, 0.25) is 0 Å². The van der Waals surface area contributed by atoms with Crippen molar-refractivity contribution in [3.05, 3.63) is 28.2 Å². The molecular formula is C19H30N6O. The molecule has 142 valence electrons. The zero-order valence-corrected chi connectivity index (χ0v) is 16.1. The van der Waals surface area contributed by atoms with Crippen LogP contribution in [0.25, 0.3) is 11.0 Å². The Morgan fingerprint density at radius 2 is 1.81 bits per heavy atom. The maximum Gasteiger partial charge on any atom is 0.347 e. The maximum absolute atomic E-state index is 13.1. The van der Waals surface area contributed by atoms with Gasteiger partial charge >= 0.3 is 5.69 Å². The molecule has 3 heterocycles. The summed E-state index contributed by atoms with van der Waals surface area (Å²) in [7, 11) is 3.95. The summed E-state index contributed by atoms with van der Waals surface area (Å²) < 4.78 is 3.73. The summed E-state index contributed by atoms with van der Waals surface area (Å²) in [6.07, 6.45) is 2.28. The Hall–Kier alpha value is -1.99. The van der Waals surface area contributed by atoms with Gasteiger partial charge in [0.25, 0.3) is 0 Å². The maximum atomic E-state index is 13.1. The third kappa shape index (κ3) is 2.79. The number of anilines is 1. The zero-order chi connectivity index (χ0) is 18.3. The van der Waals surface area contributed by atoms with E-state index in [1.165, 1.54) is 11.3 Å². The van der Waals surface area contributed by atoms with E-state index < -0.39 is 0 Å². The van der Waals surface area contributed by atoms with E-state index in [4.69, 9.17) is 0 Å². The Bertz CT molecular complexity index is 840. The first-order valence-corrected chi connectivity index (χ1v) is 9.71. The lowest BCUT2D eigenvalue weighted by molar-refractivity contribution is 0.442. The smallest absolute Gasteiger partial charge is 0.347 e. The molecule has 2 N–H and O–H groups in total. The number of piperazine rings is 1. The third-order valence-corrected chi connectivity index (χ3v) is 5.96. The van der Waals surface area contributed by atoms with E-state index in [2.05, 4.69) is 39.6 Å². The van der Waals surface area contributed by atoms with Gasteiger partial charge in [0.05, 0.1) is 16.7 Å². The van der Waals surface area contributed by atoms with E-state index in [-0.39, 0.29) is 5.69 Å². The van der Waals surface area contributed by atoms with Crippen LogP contribution >= 0.6 is 0 Å². The fourth-order valence-electron chi connectivity index (χ4n) is 4.43. The highest BCUT2D eigenvalue weighted by molar-refractivity contribution is 5.92. The van der Waals surface area contributed by atoms with E-state index in [0.29, 0.717) is 6.04 Å². The van der Waals surface area contributed by atoms with Gasteiger partial charge in [-0.2, -0.15) is 0 Å². The number of fused-ring (bicyclic) bond motifs is 1. The Balaban J connectivity index is 1.81. The molecular weight excluding hydrogens is 328 g/mol. The molecule has 0 saturated carbocycles. The largest absolute Gasteiger partial charge is 0.369 e. The average molecular weight is 358 g/mol. The van der Waals surface area contributed by atoms with E-state index in [0.717, 1.165) is 63.1 Å². The Labute approximate surface area is 154 Å². The van der Waals surface area contributed by atoms with Gasteiger partial charge in [0, 0.05) is 52.4 Å². The van der Waals surface area contributed by atoms with Crippen LogP contribution in [0.4, 0.5) is 5.69 Å². The first-order valence-electron chi connectivity index (χ1n) is 9.71. The van der Waals surface area contributed by atoms with Gasteiger partial charge in [-0.15, -0.1) is 0 Å². The van der Waals surface area contributed by atoms with Gasteiger partial charge in [-0.1, -0.05) is 6.07 Å². The van der Waals surface area contributed by atoms with Crippen molar-refractivity contribution < 1.29 is 0 Å². The molecule has 0 radical (unpaired) electrons. The number of benzene rings is 1. The standard InChI is InChI=1S/C19H30N6O/c1-14-4-5-16-18(17(14)23-10-6-15(20-2)7-11-23)22(3)19(26)25(16)24-12-8-21-9-13-24/h4-5,15,20-21H,6-13H2,1-3H3. The topological polar surface area (TPSA) is 57.5 Å². The molecule has 0 atom stereocenters. The van der Waals surface area contributed by atoms with Gasteiger partial charge in [0.1, 0.15) is 0 Å². The van der Waals surface area contributed by atoms with Crippen LogP contribution in [0, 0.1) is 6.92 Å². The molecule has 0 aliphatic carbocycles. The predicted octanol–water partition coefficient (Wildman–Crippen LogP) is 0.378. The SMILES string of the molecule is CNC1CCN(c2c(C)ccc3c2n(C)c(=O)n3N2CCNCC2)CC1. The van der Waals surface area contributed by atoms with Crippen LogP contribution < -0.4 is 26.2 Å². The second-order valence-electron chi connectivity index (χ2n) is 7.51. The minimum absolute atomic E-state index is 0.0545. The lowest BCUT2D eigenvalue weighted by Gasteiger charge is -2.35. The quantitative estimate of drug-likeness (QED) is 0.831. The molecule has 0 bridgehead atoms. The first-order chi connectivity index (χ1) is 12.6. The van der Waals surface area contributed by atoms with Gasteiger partial charge < -0.3 is 20.5 Å². The van der Waals surface area contributed by atoms with Crippen LogP contribution in [0.15, 0.2) is 16.9 Å². The number of nitrogens with one attached hydrogen (secondary N) is 2. The number of hydrogen-bond donors (Lipinski definition) is 2. The van der Waals surface area contributed by atoms with E-state index >= 15 is 0 Å². The second-order valence-corrected chi connectivity index (χ2v) is 7.51. The highest BCUT2D eigenvalue weighted by atomic mass is 16.2. The summed E-state index contributed by atoms with van der Waals surface area (Å²) in [6.45, 7) is 7.76. The Kier molecular flexibility index (Phi) is 4.67. The van der Waals surface area contributed by atoms with Gasteiger partial charge in [0.15, 0.2) is 0 Å². The van der Waals surface area contributed by atoms with Crippen molar-refractivity contribution in [3.63, 3.8) is 0 Å². The van der Waals surface area contributed by atoms with E-state index in [9.17, 15) is 4.79 Å². The van der Waals surface area contributed by atoms with Gasteiger partial charge in [-0.25, -0.2) is 9.47 Å². The average Bonchev–Trinajstić information content (AvgIpc) is 2.93. The van der Waals surface area contributed by atoms with Crippen LogP contribution in [0.1, 0.15) is 18.4 Å². The molecule has 7 heteroatoms. The summed E-state index contributed by atoms with van der Waals surface area (Å²) in [4.78, 5) is 15.5. The molecule has 0 unspecified atom stereocenters. The Morgan fingerprint density at radius 3 is 2.46 bits per heavy atom. The summed E-state index contributed by atoms with van der Waals surface area (Å²) in [5, 5.41) is 8.93. The number of aromatic nitrogens is 2. The number of piperidine rings is 1. The molecule has 4 rings (SSSR count). The van der Waals surface area contributed by atoms with Crippen LogP contribution in [0.3, 0.4) is 0 Å². The van der Waals surface area contributed by atoms with Crippen molar-refractivity contribution in [2.45, 2.75) is 25.8 Å².